The van der Waals surface area contributed by atoms with Crippen molar-refractivity contribution >= 4 is 17.5 Å². The summed E-state index contributed by atoms with van der Waals surface area (Å²) in [6.45, 7) is 4.73. The molecule has 1 saturated heterocycles. The van der Waals surface area contributed by atoms with Gasteiger partial charge < -0.3 is 24.8 Å². The minimum absolute atomic E-state index is 0.0476. The summed E-state index contributed by atoms with van der Waals surface area (Å²) in [5, 5.41) is 6.14. The third-order valence-corrected chi connectivity index (χ3v) is 8.44. The van der Waals surface area contributed by atoms with Crippen LogP contribution in [0.1, 0.15) is 39.9 Å². The van der Waals surface area contributed by atoms with Crippen molar-refractivity contribution in [2.75, 3.05) is 26.0 Å². The Hall–Kier alpha value is -4.83. The van der Waals surface area contributed by atoms with Crippen molar-refractivity contribution in [3.8, 4) is 28.0 Å². The number of ether oxygens (including phenoxy) is 1. The van der Waals surface area contributed by atoms with Gasteiger partial charge in [-0.3, -0.25) is 14.4 Å². The van der Waals surface area contributed by atoms with Crippen LogP contribution in [0.5, 0.6) is 5.75 Å². The predicted molar refractivity (Wildman–Crippen MR) is 168 cm³/mol. The molecule has 2 N–H and O–H groups in total. The van der Waals surface area contributed by atoms with Crippen LogP contribution in [0.4, 0.5) is 10.1 Å². The summed E-state index contributed by atoms with van der Waals surface area (Å²) in [6.07, 6.45) is 3.94. The van der Waals surface area contributed by atoms with E-state index in [1.165, 1.54) is 30.3 Å². The topological polar surface area (TPSA) is 106 Å². The molecule has 1 fully saturated rings. The third-order valence-electron chi connectivity index (χ3n) is 8.44. The third kappa shape index (κ3) is 5.98. The van der Waals surface area contributed by atoms with E-state index >= 15 is 4.39 Å². The molecule has 0 saturated carbocycles. The van der Waals surface area contributed by atoms with Crippen LogP contribution in [0.3, 0.4) is 0 Å². The van der Waals surface area contributed by atoms with E-state index in [0.717, 1.165) is 34.2 Å². The van der Waals surface area contributed by atoms with Crippen LogP contribution in [-0.2, 0) is 18.4 Å². The Kier molecular flexibility index (Phi) is 8.91. The number of hydrogen-bond donors (Lipinski definition) is 2. The molecule has 9 nitrogen and oxygen atoms in total. The number of amides is 2. The Balaban J connectivity index is 1.41. The maximum Gasteiger partial charge on any atom is 0.265 e. The van der Waals surface area contributed by atoms with Gasteiger partial charge in [0.05, 0.1) is 13.4 Å². The smallest absolute Gasteiger partial charge is 0.265 e. The molecule has 3 aromatic carbocycles. The number of carbonyl (C=O) groups excluding carboxylic acids is 2. The predicted octanol–water partition coefficient (Wildman–Crippen LogP) is 4.84. The van der Waals surface area contributed by atoms with Crippen LogP contribution >= 0.6 is 0 Å². The van der Waals surface area contributed by atoms with Crippen molar-refractivity contribution in [2.24, 2.45) is 7.05 Å². The molecule has 2 amide bonds. The number of aromatic nitrogens is 2. The first kappa shape index (κ1) is 30.6. The fourth-order valence-corrected chi connectivity index (χ4v) is 5.74. The molecule has 0 radical (unpaired) electrons. The summed E-state index contributed by atoms with van der Waals surface area (Å²) in [5.41, 5.74) is 5.62. The van der Waals surface area contributed by atoms with Gasteiger partial charge in [0.2, 0.25) is 5.91 Å². The van der Waals surface area contributed by atoms with Gasteiger partial charge in [-0.2, -0.15) is 0 Å². The number of likely N-dealkylation sites (tertiary alicyclic amines) is 1. The van der Waals surface area contributed by atoms with Gasteiger partial charge in [-0.1, -0.05) is 30.3 Å². The quantitative estimate of drug-likeness (QED) is 0.286. The van der Waals surface area contributed by atoms with E-state index in [9.17, 15) is 14.4 Å². The Morgan fingerprint density at radius 2 is 1.75 bits per heavy atom. The molecule has 0 aliphatic carbocycles. The molecule has 0 spiro atoms. The van der Waals surface area contributed by atoms with Crippen LogP contribution in [0.25, 0.3) is 22.3 Å². The molecular weight excluding hydrogens is 561 g/mol. The molecule has 1 aliphatic heterocycles. The standard InChI is InChI=1S/C34H36FN5O4/c1-20-24(22-14-29(35)27(31(15-22)44-5)17-36-16-23-12-13-32(41)40(23)4)8-6-9-25(20)26-10-7-11-30(21(26)2)38-33(42)28-18-37-19-39(3)34(28)43/h6-11,14-15,18-19,23,36H,12-13,16-17H2,1-5H3,(H,38,42). The fourth-order valence-electron chi connectivity index (χ4n) is 5.74. The van der Waals surface area contributed by atoms with Crippen LogP contribution in [0, 0.1) is 19.7 Å². The second kappa shape index (κ2) is 12.8. The number of halogens is 1. The van der Waals surface area contributed by atoms with Gasteiger partial charge in [0.25, 0.3) is 11.5 Å². The van der Waals surface area contributed by atoms with Crippen molar-refractivity contribution in [1.29, 1.82) is 0 Å². The lowest BCUT2D eigenvalue weighted by molar-refractivity contribution is -0.127. The van der Waals surface area contributed by atoms with Gasteiger partial charge in [-0.15, -0.1) is 0 Å². The van der Waals surface area contributed by atoms with Gasteiger partial charge in [0.1, 0.15) is 17.1 Å². The highest BCUT2D eigenvalue weighted by Gasteiger charge is 2.27. The van der Waals surface area contributed by atoms with Gasteiger partial charge in [0.15, 0.2) is 0 Å². The van der Waals surface area contributed by atoms with E-state index in [1.807, 2.05) is 50.2 Å². The number of aryl methyl sites for hydroxylation is 1. The first-order valence-electron chi connectivity index (χ1n) is 14.5. The van der Waals surface area contributed by atoms with Gasteiger partial charge >= 0.3 is 0 Å². The second-order valence-corrected chi connectivity index (χ2v) is 11.1. The van der Waals surface area contributed by atoms with Crippen molar-refractivity contribution in [3.63, 3.8) is 0 Å². The minimum atomic E-state index is -0.537. The average molecular weight is 598 g/mol. The number of nitrogens with one attached hydrogen (secondary N) is 2. The van der Waals surface area contributed by atoms with Crippen LogP contribution in [0.2, 0.25) is 0 Å². The first-order valence-corrected chi connectivity index (χ1v) is 14.5. The fraction of sp³-hybridized carbons (Fsp3) is 0.294. The zero-order valence-electron chi connectivity index (χ0n) is 25.5. The summed E-state index contributed by atoms with van der Waals surface area (Å²) in [4.78, 5) is 42.9. The van der Waals surface area contributed by atoms with Gasteiger partial charge in [-0.25, -0.2) is 9.37 Å². The number of rotatable bonds is 9. The maximum atomic E-state index is 15.6. The first-order chi connectivity index (χ1) is 21.1. The number of hydrogen-bond acceptors (Lipinski definition) is 6. The van der Waals surface area contributed by atoms with E-state index in [0.29, 0.717) is 35.5 Å². The van der Waals surface area contributed by atoms with Crippen molar-refractivity contribution in [3.05, 3.63) is 99.5 Å². The summed E-state index contributed by atoms with van der Waals surface area (Å²) in [7, 11) is 4.87. The summed E-state index contributed by atoms with van der Waals surface area (Å²) in [5.74, 6) is -0.345. The molecule has 5 rings (SSSR count). The minimum Gasteiger partial charge on any atom is -0.496 e. The molecule has 1 aromatic heterocycles. The Labute approximate surface area is 255 Å². The molecule has 2 heterocycles. The van der Waals surface area contributed by atoms with Gasteiger partial charge in [0, 0.05) is 57.1 Å². The molecule has 0 bridgehead atoms. The van der Waals surface area contributed by atoms with Crippen LogP contribution in [-0.4, -0.2) is 53.0 Å². The van der Waals surface area contributed by atoms with E-state index < -0.39 is 11.5 Å². The highest BCUT2D eigenvalue weighted by Crippen LogP contribution is 2.37. The van der Waals surface area contributed by atoms with Crippen molar-refractivity contribution in [2.45, 2.75) is 39.3 Å². The largest absolute Gasteiger partial charge is 0.496 e. The molecule has 228 valence electrons. The highest BCUT2D eigenvalue weighted by molar-refractivity contribution is 6.04. The lowest BCUT2D eigenvalue weighted by Gasteiger charge is -2.21. The summed E-state index contributed by atoms with van der Waals surface area (Å²) in [6, 6.07) is 14.9. The summed E-state index contributed by atoms with van der Waals surface area (Å²) >= 11 is 0. The number of anilines is 1. The van der Waals surface area contributed by atoms with Crippen molar-refractivity contribution < 1.29 is 18.7 Å². The van der Waals surface area contributed by atoms with E-state index in [1.54, 1.807) is 25.1 Å². The molecule has 44 heavy (non-hydrogen) atoms. The number of benzene rings is 3. The zero-order valence-corrected chi connectivity index (χ0v) is 25.5. The highest BCUT2D eigenvalue weighted by atomic mass is 19.1. The van der Waals surface area contributed by atoms with Crippen LogP contribution in [0.15, 0.2) is 65.8 Å². The monoisotopic (exact) mass is 597 g/mol. The zero-order chi connectivity index (χ0) is 31.5. The number of nitrogens with zero attached hydrogens (tertiary/aromatic N) is 3. The van der Waals surface area contributed by atoms with E-state index in [2.05, 4.69) is 15.6 Å². The molecule has 10 heteroatoms. The molecule has 1 aliphatic rings. The van der Waals surface area contributed by atoms with E-state index in [4.69, 9.17) is 4.74 Å². The SMILES string of the molecule is COc1cc(-c2cccc(-c3cccc(NC(=O)c4cncn(C)c4=O)c3C)c2C)cc(F)c1CNCC1CCC(=O)N1C. The number of likely N-dealkylation sites (N-methyl/N-ethyl adjacent to an activating group) is 1. The van der Waals surface area contributed by atoms with Gasteiger partial charge in [-0.05, 0) is 71.8 Å². The molecule has 1 atom stereocenters. The lowest BCUT2D eigenvalue weighted by Crippen LogP contribution is -2.37. The molecule has 4 aromatic rings. The lowest BCUT2D eigenvalue weighted by atomic mass is 9.90. The van der Waals surface area contributed by atoms with Crippen LogP contribution < -0.4 is 20.9 Å². The number of methoxy groups -OCH3 is 1. The average Bonchev–Trinajstić information content (AvgIpc) is 3.32. The normalized spacial score (nSPS) is 14.6. The Morgan fingerprint density at radius 1 is 1.05 bits per heavy atom. The Morgan fingerprint density at radius 3 is 2.45 bits per heavy atom. The number of carbonyl (C=O) groups is 2. The maximum absolute atomic E-state index is 15.6. The molecular formula is C34H36FN5O4. The van der Waals surface area contributed by atoms with E-state index in [-0.39, 0.29) is 29.9 Å². The Bertz CT molecular complexity index is 1800. The van der Waals surface area contributed by atoms with Crippen molar-refractivity contribution in [1.82, 2.24) is 19.8 Å². The summed E-state index contributed by atoms with van der Waals surface area (Å²) < 4.78 is 22.4. The molecule has 1 unspecified atom stereocenters. The second-order valence-electron chi connectivity index (χ2n) is 11.1.